The molecule has 0 aliphatic heterocycles. The number of aryl methyl sites for hydroxylation is 1. The fourth-order valence-corrected chi connectivity index (χ4v) is 3.80. The summed E-state index contributed by atoms with van der Waals surface area (Å²) in [6, 6.07) is 13.5. The van der Waals surface area contributed by atoms with Crippen LogP contribution in [0.3, 0.4) is 0 Å². The molecule has 0 atom stereocenters. The van der Waals surface area contributed by atoms with Crippen LogP contribution in [0.15, 0.2) is 48.5 Å². The van der Waals surface area contributed by atoms with Crippen molar-refractivity contribution < 1.29 is 18.3 Å². The van der Waals surface area contributed by atoms with Gasteiger partial charge >= 0.3 is 6.11 Å². The van der Waals surface area contributed by atoms with Gasteiger partial charge in [0.2, 0.25) is 0 Å². The molecule has 0 bridgehead atoms. The zero-order valence-electron chi connectivity index (χ0n) is 16.1. The third-order valence-electron chi connectivity index (χ3n) is 5.43. The van der Waals surface area contributed by atoms with Crippen LogP contribution in [0.2, 0.25) is 0 Å². The van der Waals surface area contributed by atoms with Gasteiger partial charge in [-0.1, -0.05) is 45.0 Å². The van der Waals surface area contributed by atoms with Gasteiger partial charge < -0.3 is 9.47 Å². The van der Waals surface area contributed by atoms with Gasteiger partial charge in [0.05, 0.1) is 11.7 Å². The standard InChI is InChI=1S/C23H28F2O2.CH4/c1-3-4-17-5-11-20(12-6-17)23(24,25)27-22-15-9-19(10-16-22)18-7-13-21(26-2)14-8-18;/h5-6,9-12,15-16,18,21H,3-4,7-8,13-14H2,1-2H3;1H4. The van der Waals surface area contributed by atoms with Gasteiger partial charge in [-0.3, -0.25) is 0 Å². The van der Waals surface area contributed by atoms with Crippen molar-refractivity contribution in [1.82, 2.24) is 0 Å². The van der Waals surface area contributed by atoms with Gasteiger partial charge in [0.15, 0.2) is 0 Å². The SMILES string of the molecule is C.CCCc1ccc(C(F)(F)Oc2ccc(C3CCC(OC)CC3)cc2)cc1. The molecule has 1 saturated carbocycles. The molecule has 1 fully saturated rings. The number of alkyl halides is 2. The highest BCUT2D eigenvalue weighted by Crippen LogP contribution is 2.36. The lowest BCUT2D eigenvalue weighted by atomic mass is 9.83. The fourth-order valence-electron chi connectivity index (χ4n) is 3.80. The van der Waals surface area contributed by atoms with E-state index in [4.69, 9.17) is 9.47 Å². The van der Waals surface area contributed by atoms with Crippen molar-refractivity contribution in [3.05, 3.63) is 65.2 Å². The largest absolute Gasteiger partial charge is 0.429 e. The molecular formula is C24H32F2O2. The summed E-state index contributed by atoms with van der Waals surface area (Å²) in [6.07, 6.45) is 3.12. The second-order valence-electron chi connectivity index (χ2n) is 7.34. The van der Waals surface area contributed by atoms with Gasteiger partial charge in [-0.15, -0.1) is 0 Å². The second kappa shape index (κ2) is 10.0. The monoisotopic (exact) mass is 390 g/mol. The molecule has 0 amide bonds. The molecule has 2 nitrogen and oxygen atoms in total. The molecule has 4 heteroatoms. The van der Waals surface area contributed by atoms with Crippen LogP contribution in [0.25, 0.3) is 0 Å². The minimum atomic E-state index is -3.34. The van der Waals surface area contributed by atoms with Crippen LogP contribution < -0.4 is 4.74 Å². The molecule has 0 saturated heterocycles. The zero-order valence-corrected chi connectivity index (χ0v) is 16.1. The van der Waals surface area contributed by atoms with Crippen molar-refractivity contribution in [2.75, 3.05) is 7.11 Å². The lowest BCUT2D eigenvalue weighted by molar-refractivity contribution is -0.185. The van der Waals surface area contributed by atoms with Crippen molar-refractivity contribution in [1.29, 1.82) is 0 Å². The molecule has 1 aliphatic carbocycles. The second-order valence-corrected chi connectivity index (χ2v) is 7.34. The highest BCUT2D eigenvalue weighted by molar-refractivity contribution is 5.31. The Balaban J connectivity index is 0.00000280. The van der Waals surface area contributed by atoms with Crippen LogP contribution in [0, 0.1) is 0 Å². The first-order valence-electron chi connectivity index (χ1n) is 9.81. The first-order chi connectivity index (χ1) is 13.0. The fraction of sp³-hybridized carbons (Fsp3) is 0.500. The minimum Gasteiger partial charge on any atom is -0.429 e. The summed E-state index contributed by atoms with van der Waals surface area (Å²) in [5.41, 5.74) is 2.12. The quantitative estimate of drug-likeness (QED) is 0.503. The number of ether oxygens (including phenoxy) is 2. The van der Waals surface area contributed by atoms with Crippen molar-refractivity contribution >= 4 is 0 Å². The first kappa shape index (κ1) is 22.4. The maximum atomic E-state index is 14.5. The number of hydrogen-bond acceptors (Lipinski definition) is 2. The number of hydrogen-bond donors (Lipinski definition) is 0. The van der Waals surface area contributed by atoms with Gasteiger partial charge in [-0.25, -0.2) is 0 Å². The third kappa shape index (κ3) is 5.54. The summed E-state index contributed by atoms with van der Waals surface area (Å²) in [6.45, 7) is 2.07. The van der Waals surface area contributed by atoms with E-state index in [0.29, 0.717) is 12.0 Å². The zero-order chi connectivity index (χ0) is 19.3. The van der Waals surface area contributed by atoms with Crippen LogP contribution in [0.1, 0.15) is 69.1 Å². The highest BCUT2D eigenvalue weighted by Gasteiger charge is 2.34. The van der Waals surface area contributed by atoms with Crippen molar-refractivity contribution in [3.63, 3.8) is 0 Å². The molecule has 0 N–H and O–H groups in total. The maximum absolute atomic E-state index is 14.5. The molecule has 154 valence electrons. The predicted molar refractivity (Wildman–Crippen MR) is 110 cm³/mol. The van der Waals surface area contributed by atoms with E-state index >= 15 is 0 Å². The number of halogens is 2. The van der Waals surface area contributed by atoms with E-state index in [0.717, 1.165) is 44.1 Å². The molecule has 0 heterocycles. The van der Waals surface area contributed by atoms with Crippen LogP contribution >= 0.6 is 0 Å². The van der Waals surface area contributed by atoms with Crippen LogP contribution in [-0.4, -0.2) is 13.2 Å². The van der Waals surface area contributed by atoms with E-state index in [1.54, 1.807) is 31.4 Å². The summed E-state index contributed by atoms with van der Waals surface area (Å²) >= 11 is 0. The Morgan fingerprint density at radius 2 is 1.54 bits per heavy atom. The van der Waals surface area contributed by atoms with Gasteiger partial charge in [0, 0.05) is 7.11 Å². The average molecular weight is 391 g/mol. The van der Waals surface area contributed by atoms with Crippen LogP contribution in [-0.2, 0) is 17.3 Å². The predicted octanol–water partition coefficient (Wildman–Crippen LogP) is 7.08. The molecule has 2 aromatic carbocycles. The molecule has 0 unspecified atom stereocenters. The Hall–Kier alpha value is -1.94. The van der Waals surface area contributed by atoms with Crippen LogP contribution in [0.5, 0.6) is 5.75 Å². The van der Waals surface area contributed by atoms with E-state index in [2.05, 4.69) is 6.92 Å². The van der Waals surface area contributed by atoms with Gasteiger partial charge in [-0.05, 0) is 73.4 Å². The minimum absolute atomic E-state index is 0. The van der Waals surface area contributed by atoms with Crippen molar-refractivity contribution in [2.45, 2.75) is 71.0 Å². The Labute approximate surface area is 167 Å². The maximum Gasteiger partial charge on any atom is 0.426 e. The van der Waals surface area contributed by atoms with Gasteiger partial charge in [0.25, 0.3) is 0 Å². The smallest absolute Gasteiger partial charge is 0.426 e. The summed E-state index contributed by atoms with van der Waals surface area (Å²) in [7, 11) is 1.76. The van der Waals surface area contributed by atoms with E-state index in [-0.39, 0.29) is 18.7 Å². The number of rotatable bonds is 7. The van der Waals surface area contributed by atoms with E-state index in [9.17, 15) is 8.78 Å². The molecule has 1 aliphatic rings. The first-order valence-corrected chi connectivity index (χ1v) is 9.81. The number of benzene rings is 2. The number of methoxy groups -OCH3 is 1. The third-order valence-corrected chi connectivity index (χ3v) is 5.43. The van der Waals surface area contributed by atoms with Gasteiger partial charge in [-0.2, -0.15) is 8.78 Å². The summed E-state index contributed by atoms with van der Waals surface area (Å²) in [4.78, 5) is 0. The Kier molecular flexibility index (Phi) is 7.99. The van der Waals surface area contributed by atoms with E-state index in [1.165, 1.54) is 17.7 Å². The lowest BCUT2D eigenvalue weighted by Gasteiger charge is -2.28. The average Bonchev–Trinajstić information content (AvgIpc) is 2.69. The molecule has 3 rings (SSSR count). The Bertz CT molecular complexity index is 702. The van der Waals surface area contributed by atoms with Crippen molar-refractivity contribution in [2.24, 2.45) is 0 Å². The molecule has 2 aromatic rings. The summed E-state index contributed by atoms with van der Waals surface area (Å²) in [5, 5.41) is 0. The topological polar surface area (TPSA) is 18.5 Å². The van der Waals surface area contributed by atoms with E-state index in [1.807, 2.05) is 12.1 Å². The lowest BCUT2D eigenvalue weighted by Crippen LogP contribution is -2.22. The van der Waals surface area contributed by atoms with Gasteiger partial charge in [0.1, 0.15) is 5.75 Å². The molecule has 28 heavy (non-hydrogen) atoms. The molecule has 0 spiro atoms. The Morgan fingerprint density at radius 3 is 2.07 bits per heavy atom. The normalized spacial score (nSPS) is 19.7. The molecular weight excluding hydrogens is 358 g/mol. The molecule has 0 radical (unpaired) electrons. The van der Waals surface area contributed by atoms with Crippen molar-refractivity contribution in [3.8, 4) is 5.75 Å². The molecule has 0 aromatic heterocycles. The summed E-state index contributed by atoms with van der Waals surface area (Å²) in [5.74, 6) is 0.657. The summed E-state index contributed by atoms with van der Waals surface area (Å²) < 4.78 is 39.3. The Morgan fingerprint density at radius 1 is 0.929 bits per heavy atom. The van der Waals surface area contributed by atoms with Crippen LogP contribution in [0.4, 0.5) is 8.78 Å². The van der Waals surface area contributed by atoms with E-state index < -0.39 is 6.11 Å². The highest BCUT2D eigenvalue weighted by atomic mass is 19.3.